The highest BCUT2D eigenvalue weighted by atomic mass is 16.4. The largest absolute Gasteiger partial charge is 0.465 e. The molecule has 2 amide bonds. The lowest BCUT2D eigenvalue weighted by Crippen LogP contribution is -2.22. The lowest BCUT2D eigenvalue weighted by atomic mass is 10.1. The van der Waals surface area contributed by atoms with Gasteiger partial charge in [-0.25, -0.2) is 4.79 Å². The van der Waals surface area contributed by atoms with Crippen molar-refractivity contribution in [1.82, 2.24) is 9.88 Å². The third-order valence-corrected chi connectivity index (χ3v) is 3.38. The number of nitrogens with one attached hydrogen (secondary N) is 1. The van der Waals surface area contributed by atoms with E-state index in [0.29, 0.717) is 24.3 Å². The van der Waals surface area contributed by atoms with Crippen LogP contribution in [0.1, 0.15) is 21.5 Å². The van der Waals surface area contributed by atoms with E-state index >= 15 is 0 Å². The molecule has 0 radical (unpaired) electrons. The summed E-state index contributed by atoms with van der Waals surface area (Å²) in [4.78, 5) is 28.2. The molecule has 1 aromatic heterocycles. The number of carbonyl (C=O) groups excluding carboxylic acids is 1. The summed E-state index contributed by atoms with van der Waals surface area (Å²) in [6.45, 7) is 0.739. The molecule has 21 heavy (non-hydrogen) atoms. The normalized spacial score (nSPS) is 12.9. The number of fused-ring (bicyclic) bond motifs is 1. The molecule has 1 aromatic carbocycles. The number of hydrogen-bond donors (Lipinski definition) is 2. The highest BCUT2D eigenvalue weighted by Crippen LogP contribution is 2.25. The summed E-state index contributed by atoms with van der Waals surface area (Å²) >= 11 is 0. The average Bonchev–Trinajstić information content (AvgIpc) is 2.91. The number of pyridine rings is 1. The maximum absolute atomic E-state index is 12.0. The molecule has 0 atom stereocenters. The number of nitrogens with zero attached hydrogens (tertiary/aromatic N) is 2. The standard InChI is InChI=1S/C15H13N3O3/c19-14(10-2-1-5-16-7-10)17-13-4-3-11-8-18(15(20)21)9-12(11)6-13/h1-7H,8-9H2,(H,17,19)(H,20,21). The zero-order valence-electron chi connectivity index (χ0n) is 11.1. The van der Waals surface area contributed by atoms with Crippen LogP contribution in [0.25, 0.3) is 0 Å². The maximum Gasteiger partial charge on any atom is 0.407 e. The van der Waals surface area contributed by atoms with Crippen molar-refractivity contribution in [2.24, 2.45) is 0 Å². The summed E-state index contributed by atoms with van der Waals surface area (Å²) in [6, 6.07) is 8.81. The van der Waals surface area contributed by atoms with Crippen molar-refractivity contribution >= 4 is 17.7 Å². The van der Waals surface area contributed by atoms with Gasteiger partial charge in [0.25, 0.3) is 5.91 Å². The maximum atomic E-state index is 12.0. The Hall–Kier alpha value is -2.89. The molecule has 0 spiro atoms. The lowest BCUT2D eigenvalue weighted by molar-refractivity contribution is 0.102. The first-order chi connectivity index (χ1) is 10.1. The van der Waals surface area contributed by atoms with Crippen molar-refractivity contribution in [3.8, 4) is 0 Å². The second-order valence-electron chi connectivity index (χ2n) is 4.82. The van der Waals surface area contributed by atoms with Crippen LogP contribution in [0.5, 0.6) is 0 Å². The Balaban J connectivity index is 1.76. The van der Waals surface area contributed by atoms with Gasteiger partial charge < -0.3 is 10.4 Å². The number of benzene rings is 1. The lowest BCUT2D eigenvalue weighted by Gasteiger charge is -2.08. The molecule has 0 bridgehead atoms. The summed E-state index contributed by atoms with van der Waals surface area (Å²) in [6.07, 6.45) is 2.16. The number of amides is 2. The third-order valence-electron chi connectivity index (χ3n) is 3.38. The molecule has 2 aromatic rings. The SMILES string of the molecule is O=C(Nc1ccc2c(c1)CN(C(=O)O)C2)c1cccnc1. The van der Waals surface area contributed by atoms with Gasteiger partial charge in [0, 0.05) is 31.2 Å². The molecule has 1 aliphatic rings. The summed E-state index contributed by atoms with van der Waals surface area (Å²) < 4.78 is 0. The topological polar surface area (TPSA) is 82.5 Å². The number of carboxylic acid groups (broad SMARTS) is 1. The van der Waals surface area contributed by atoms with Crippen molar-refractivity contribution < 1.29 is 14.7 Å². The average molecular weight is 283 g/mol. The van der Waals surface area contributed by atoms with Crippen LogP contribution in [0.2, 0.25) is 0 Å². The minimum Gasteiger partial charge on any atom is -0.465 e. The van der Waals surface area contributed by atoms with E-state index in [1.807, 2.05) is 12.1 Å². The fourth-order valence-electron chi connectivity index (χ4n) is 2.31. The van der Waals surface area contributed by atoms with Gasteiger partial charge in [-0.2, -0.15) is 0 Å². The van der Waals surface area contributed by atoms with Gasteiger partial charge in [-0.05, 0) is 35.4 Å². The molecule has 2 N–H and O–H groups in total. The molecule has 6 nitrogen and oxygen atoms in total. The van der Waals surface area contributed by atoms with Gasteiger partial charge in [-0.3, -0.25) is 14.7 Å². The Labute approximate surface area is 121 Å². The van der Waals surface area contributed by atoms with Gasteiger partial charge in [0.15, 0.2) is 0 Å². The molecule has 3 rings (SSSR count). The second-order valence-corrected chi connectivity index (χ2v) is 4.82. The Bertz CT molecular complexity index is 701. The van der Waals surface area contributed by atoms with Gasteiger partial charge in [-0.15, -0.1) is 0 Å². The van der Waals surface area contributed by atoms with Gasteiger partial charge in [-0.1, -0.05) is 6.07 Å². The van der Waals surface area contributed by atoms with Gasteiger partial charge in [0.2, 0.25) is 0 Å². The van der Waals surface area contributed by atoms with E-state index in [0.717, 1.165) is 11.1 Å². The molecular formula is C15H13N3O3. The molecule has 0 fully saturated rings. The molecule has 1 aliphatic heterocycles. The Morgan fingerprint density at radius 2 is 2.00 bits per heavy atom. The van der Waals surface area contributed by atoms with Crippen molar-refractivity contribution in [3.63, 3.8) is 0 Å². The van der Waals surface area contributed by atoms with Crippen molar-refractivity contribution in [1.29, 1.82) is 0 Å². The number of rotatable bonds is 2. The van der Waals surface area contributed by atoms with Crippen LogP contribution in [0, 0.1) is 0 Å². The van der Waals surface area contributed by atoms with Crippen molar-refractivity contribution in [2.45, 2.75) is 13.1 Å². The van der Waals surface area contributed by atoms with Gasteiger partial charge in [0.05, 0.1) is 5.56 Å². The Kier molecular flexibility index (Phi) is 3.27. The molecular weight excluding hydrogens is 270 g/mol. The van der Waals surface area contributed by atoms with Crippen LogP contribution >= 0.6 is 0 Å². The van der Waals surface area contributed by atoms with E-state index in [4.69, 9.17) is 5.11 Å². The molecule has 106 valence electrons. The number of anilines is 1. The smallest absolute Gasteiger partial charge is 0.407 e. The number of hydrogen-bond acceptors (Lipinski definition) is 3. The number of aromatic nitrogens is 1. The van der Waals surface area contributed by atoms with Crippen LogP contribution in [-0.2, 0) is 13.1 Å². The minimum atomic E-state index is -0.938. The van der Waals surface area contributed by atoms with Crippen LogP contribution in [0.4, 0.5) is 10.5 Å². The first kappa shape index (κ1) is 13.1. The second kappa shape index (κ2) is 5.24. The van der Waals surface area contributed by atoms with Crippen LogP contribution in [-0.4, -0.2) is 27.0 Å². The highest BCUT2D eigenvalue weighted by Gasteiger charge is 2.23. The molecule has 2 heterocycles. The van der Waals surface area contributed by atoms with E-state index in [2.05, 4.69) is 10.3 Å². The third kappa shape index (κ3) is 2.69. The fraction of sp³-hybridized carbons (Fsp3) is 0.133. The summed E-state index contributed by atoms with van der Waals surface area (Å²) in [5.74, 6) is -0.240. The van der Waals surface area contributed by atoms with E-state index < -0.39 is 6.09 Å². The summed E-state index contributed by atoms with van der Waals surface area (Å²) in [5.41, 5.74) is 3.01. The fourth-order valence-corrected chi connectivity index (χ4v) is 2.31. The zero-order valence-corrected chi connectivity index (χ0v) is 11.1. The van der Waals surface area contributed by atoms with Crippen LogP contribution in [0.15, 0.2) is 42.7 Å². The highest BCUT2D eigenvalue weighted by molar-refractivity contribution is 6.04. The monoisotopic (exact) mass is 283 g/mol. The number of carbonyl (C=O) groups is 2. The van der Waals surface area contributed by atoms with E-state index in [1.54, 1.807) is 24.4 Å². The molecule has 0 unspecified atom stereocenters. The van der Waals surface area contributed by atoms with Crippen molar-refractivity contribution in [3.05, 3.63) is 59.4 Å². The molecule has 6 heteroatoms. The van der Waals surface area contributed by atoms with Crippen LogP contribution in [0.3, 0.4) is 0 Å². The van der Waals surface area contributed by atoms with E-state index in [9.17, 15) is 9.59 Å². The van der Waals surface area contributed by atoms with Crippen LogP contribution < -0.4 is 5.32 Å². The zero-order chi connectivity index (χ0) is 14.8. The predicted octanol–water partition coefficient (Wildman–Crippen LogP) is 2.33. The van der Waals surface area contributed by atoms with Gasteiger partial charge in [0.1, 0.15) is 0 Å². The van der Waals surface area contributed by atoms with Crippen molar-refractivity contribution in [2.75, 3.05) is 5.32 Å². The predicted molar refractivity (Wildman–Crippen MR) is 75.9 cm³/mol. The summed E-state index contributed by atoms with van der Waals surface area (Å²) in [7, 11) is 0. The summed E-state index contributed by atoms with van der Waals surface area (Å²) in [5, 5.41) is 11.8. The first-order valence-corrected chi connectivity index (χ1v) is 6.44. The molecule has 0 saturated carbocycles. The van der Waals surface area contributed by atoms with E-state index in [1.165, 1.54) is 11.1 Å². The Morgan fingerprint density at radius 1 is 1.19 bits per heavy atom. The Morgan fingerprint density at radius 3 is 2.71 bits per heavy atom. The first-order valence-electron chi connectivity index (χ1n) is 6.44. The minimum absolute atomic E-state index is 0.240. The molecule has 0 aliphatic carbocycles. The van der Waals surface area contributed by atoms with E-state index in [-0.39, 0.29) is 5.91 Å². The quantitative estimate of drug-likeness (QED) is 0.886. The van der Waals surface area contributed by atoms with Gasteiger partial charge >= 0.3 is 6.09 Å². The molecule has 0 saturated heterocycles.